The van der Waals surface area contributed by atoms with Crippen LogP contribution in [0.3, 0.4) is 0 Å². The average Bonchev–Trinajstić information content (AvgIpc) is 2.79. The van der Waals surface area contributed by atoms with E-state index in [9.17, 15) is 9.90 Å². The first kappa shape index (κ1) is 20.2. The number of Topliss-reactive ketones (excluding diaryl/α,β-unsaturated/α-hetero) is 1. The lowest BCUT2D eigenvalue weighted by Gasteiger charge is -2.36. The Morgan fingerprint density at radius 3 is 2.23 bits per heavy atom. The zero-order valence-corrected chi connectivity index (χ0v) is 17.2. The van der Waals surface area contributed by atoms with E-state index in [-0.39, 0.29) is 17.6 Å². The average molecular weight is 402 g/mol. The third-order valence-electron chi connectivity index (χ3n) is 5.91. The third kappa shape index (κ3) is 4.39. The number of ether oxygens (including phenoxy) is 1. The van der Waals surface area contributed by atoms with Crippen LogP contribution in [0.4, 0.5) is 0 Å². The van der Waals surface area contributed by atoms with E-state index in [4.69, 9.17) is 4.74 Å². The largest absolute Gasteiger partial charge is 0.504 e. The molecular formula is C26H27NO3. The van der Waals surface area contributed by atoms with Gasteiger partial charge >= 0.3 is 0 Å². The van der Waals surface area contributed by atoms with Crippen molar-refractivity contribution in [1.29, 1.82) is 0 Å². The van der Waals surface area contributed by atoms with Crippen LogP contribution in [-0.2, 0) is 11.3 Å². The van der Waals surface area contributed by atoms with Gasteiger partial charge in [-0.3, -0.25) is 9.69 Å². The van der Waals surface area contributed by atoms with Crippen LogP contribution in [0.5, 0.6) is 11.5 Å². The first-order valence-corrected chi connectivity index (χ1v) is 10.4. The van der Waals surface area contributed by atoms with Crippen LogP contribution >= 0.6 is 0 Å². The van der Waals surface area contributed by atoms with Crippen molar-refractivity contribution < 1.29 is 14.6 Å². The standard InChI is InChI=1S/C26H27NO3/c1-30-25-16-19(12-13-24(25)29)17-27-15-14-23(28)22(18-27)26(20-8-4-2-5-9-20)21-10-6-3-7-11-21/h2-13,16,22,26,29H,14-15,17-18H2,1H3. The molecule has 1 atom stereocenters. The summed E-state index contributed by atoms with van der Waals surface area (Å²) in [4.78, 5) is 15.4. The van der Waals surface area contributed by atoms with E-state index in [1.807, 2.05) is 48.5 Å². The summed E-state index contributed by atoms with van der Waals surface area (Å²) in [6, 6.07) is 26.1. The molecule has 4 nitrogen and oxygen atoms in total. The molecule has 1 N–H and O–H groups in total. The number of phenolic OH excluding ortho intramolecular Hbond substituents is 1. The van der Waals surface area contributed by atoms with Crippen molar-refractivity contribution in [3.63, 3.8) is 0 Å². The number of hydrogen-bond donors (Lipinski definition) is 1. The lowest BCUT2D eigenvalue weighted by atomic mass is 9.76. The Labute approximate surface area is 177 Å². The second-order valence-electron chi connectivity index (χ2n) is 7.86. The summed E-state index contributed by atoms with van der Waals surface area (Å²) in [5.74, 6) is 0.886. The molecule has 1 heterocycles. The van der Waals surface area contributed by atoms with Gasteiger partial charge in [0.2, 0.25) is 0 Å². The Bertz CT molecular complexity index is 948. The maximum atomic E-state index is 13.0. The van der Waals surface area contributed by atoms with Crippen molar-refractivity contribution in [3.8, 4) is 11.5 Å². The molecule has 0 aromatic heterocycles. The zero-order chi connectivity index (χ0) is 20.9. The van der Waals surface area contributed by atoms with Crippen LogP contribution in [0.15, 0.2) is 78.9 Å². The molecule has 4 rings (SSSR count). The molecule has 1 aliphatic rings. The van der Waals surface area contributed by atoms with Gasteiger partial charge in [0, 0.05) is 37.9 Å². The van der Waals surface area contributed by atoms with Gasteiger partial charge in [0.05, 0.1) is 7.11 Å². The summed E-state index contributed by atoms with van der Waals surface area (Å²) < 4.78 is 5.24. The van der Waals surface area contributed by atoms with E-state index in [1.165, 1.54) is 11.1 Å². The van der Waals surface area contributed by atoms with Crippen LogP contribution in [0.2, 0.25) is 0 Å². The molecule has 0 bridgehead atoms. The van der Waals surface area contributed by atoms with Gasteiger partial charge in [0.25, 0.3) is 0 Å². The Kier molecular flexibility index (Phi) is 6.15. The van der Waals surface area contributed by atoms with E-state index < -0.39 is 0 Å². The third-order valence-corrected chi connectivity index (χ3v) is 5.91. The predicted octanol–water partition coefficient (Wildman–Crippen LogP) is 4.62. The highest BCUT2D eigenvalue weighted by Gasteiger charge is 2.35. The maximum absolute atomic E-state index is 13.0. The van der Waals surface area contributed by atoms with Crippen molar-refractivity contribution >= 4 is 5.78 Å². The number of piperidine rings is 1. The maximum Gasteiger partial charge on any atom is 0.160 e. The molecule has 4 heteroatoms. The van der Waals surface area contributed by atoms with Crippen molar-refractivity contribution in [2.24, 2.45) is 5.92 Å². The Morgan fingerprint density at radius 2 is 1.63 bits per heavy atom. The number of phenols is 1. The molecule has 30 heavy (non-hydrogen) atoms. The summed E-state index contributed by atoms with van der Waals surface area (Å²) in [7, 11) is 1.55. The van der Waals surface area contributed by atoms with E-state index in [0.717, 1.165) is 18.7 Å². The molecule has 0 saturated carbocycles. The highest BCUT2D eigenvalue weighted by Crippen LogP contribution is 2.36. The van der Waals surface area contributed by atoms with Gasteiger partial charge in [-0.1, -0.05) is 66.7 Å². The molecular weight excluding hydrogens is 374 g/mol. The van der Waals surface area contributed by atoms with Gasteiger partial charge in [-0.2, -0.15) is 0 Å². The van der Waals surface area contributed by atoms with Crippen LogP contribution in [0.25, 0.3) is 0 Å². The molecule has 3 aromatic carbocycles. The van der Waals surface area contributed by atoms with E-state index in [0.29, 0.717) is 24.5 Å². The topological polar surface area (TPSA) is 49.8 Å². The first-order valence-electron chi connectivity index (χ1n) is 10.4. The molecule has 0 radical (unpaired) electrons. The number of hydrogen-bond acceptors (Lipinski definition) is 4. The van der Waals surface area contributed by atoms with Crippen molar-refractivity contribution in [2.45, 2.75) is 18.9 Å². The van der Waals surface area contributed by atoms with Crippen molar-refractivity contribution in [3.05, 3.63) is 95.6 Å². The number of aromatic hydroxyl groups is 1. The van der Waals surface area contributed by atoms with Gasteiger partial charge in [-0.15, -0.1) is 0 Å². The lowest BCUT2D eigenvalue weighted by molar-refractivity contribution is -0.126. The number of carbonyl (C=O) groups excluding carboxylic acids is 1. The van der Waals surface area contributed by atoms with Gasteiger partial charge < -0.3 is 9.84 Å². The number of rotatable bonds is 6. The molecule has 0 spiro atoms. The van der Waals surface area contributed by atoms with Gasteiger partial charge in [0.15, 0.2) is 11.5 Å². The monoisotopic (exact) mass is 401 g/mol. The molecule has 1 unspecified atom stereocenters. The quantitative estimate of drug-likeness (QED) is 0.655. The highest BCUT2D eigenvalue weighted by molar-refractivity contribution is 5.83. The normalized spacial score (nSPS) is 17.3. The zero-order valence-electron chi connectivity index (χ0n) is 17.2. The van der Waals surface area contributed by atoms with Gasteiger partial charge in [-0.25, -0.2) is 0 Å². The minimum absolute atomic E-state index is 0.0389. The molecule has 1 saturated heterocycles. The predicted molar refractivity (Wildman–Crippen MR) is 118 cm³/mol. The highest BCUT2D eigenvalue weighted by atomic mass is 16.5. The van der Waals surface area contributed by atoms with Crippen LogP contribution in [0, 0.1) is 5.92 Å². The minimum Gasteiger partial charge on any atom is -0.504 e. The molecule has 0 amide bonds. The van der Waals surface area contributed by atoms with E-state index >= 15 is 0 Å². The van der Waals surface area contributed by atoms with Crippen molar-refractivity contribution in [1.82, 2.24) is 4.90 Å². The number of likely N-dealkylation sites (tertiary alicyclic amines) is 1. The van der Waals surface area contributed by atoms with Crippen LogP contribution < -0.4 is 4.74 Å². The summed E-state index contributed by atoms with van der Waals surface area (Å²) >= 11 is 0. The molecule has 3 aromatic rings. The molecule has 154 valence electrons. The Hall–Kier alpha value is -3.11. The minimum atomic E-state index is -0.0949. The fourth-order valence-electron chi connectivity index (χ4n) is 4.42. The Balaban J connectivity index is 1.60. The fraction of sp³-hybridized carbons (Fsp3) is 0.269. The summed E-state index contributed by atoms with van der Waals surface area (Å²) in [5, 5.41) is 9.86. The lowest BCUT2D eigenvalue weighted by Crippen LogP contribution is -2.43. The number of nitrogens with zero attached hydrogens (tertiary/aromatic N) is 1. The van der Waals surface area contributed by atoms with E-state index in [2.05, 4.69) is 29.2 Å². The first-order chi connectivity index (χ1) is 14.7. The smallest absolute Gasteiger partial charge is 0.160 e. The van der Waals surface area contributed by atoms with Crippen LogP contribution in [-0.4, -0.2) is 36.0 Å². The second-order valence-corrected chi connectivity index (χ2v) is 7.86. The van der Waals surface area contributed by atoms with E-state index in [1.54, 1.807) is 13.2 Å². The second kappa shape index (κ2) is 9.14. The number of ketones is 1. The number of benzene rings is 3. The summed E-state index contributed by atoms with van der Waals surface area (Å²) in [5.41, 5.74) is 3.42. The molecule has 1 fully saturated rings. The summed E-state index contributed by atoms with van der Waals surface area (Å²) in [6.07, 6.45) is 0.552. The molecule has 0 aliphatic carbocycles. The number of carbonyl (C=O) groups is 1. The van der Waals surface area contributed by atoms with Gasteiger partial charge in [0.1, 0.15) is 5.78 Å². The SMILES string of the molecule is COc1cc(CN2CCC(=O)C(C(c3ccccc3)c3ccccc3)C2)ccc1O. The van der Waals surface area contributed by atoms with Gasteiger partial charge in [-0.05, 0) is 28.8 Å². The Morgan fingerprint density at radius 1 is 1.00 bits per heavy atom. The van der Waals surface area contributed by atoms with Crippen LogP contribution in [0.1, 0.15) is 29.0 Å². The fourth-order valence-corrected chi connectivity index (χ4v) is 4.42. The summed E-state index contributed by atoms with van der Waals surface area (Å²) in [6.45, 7) is 2.17. The molecule has 1 aliphatic heterocycles. The van der Waals surface area contributed by atoms with Crippen molar-refractivity contribution in [2.75, 3.05) is 20.2 Å². The number of methoxy groups -OCH3 is 1.